The van der Waals surface area contributed by atoms with E-state index in [4.69, 9.17) is 5.73 Å². The molecule has 4 rings (SSSR count). The molecule has 0 aromatic heterocycles. The molecule has 38 heteroatoms. The number of hydrogen-bond acceptors (Lipinski definition) is 26. The molecule has 0 saturated carbocycles. The Kier molecular flexibility index (Phi) is 47.6. The number of unbranched alkanes of at least 4 members (excludes halogenated alkanes) is 1. The number of aliphatic carboxylic acids is 3. The van der Waals surface area contributed by atoms with Crippen LogP contribution in [0.15, 0.2) is 78.9 Å². The van der Waals surface area contributed by atoms with E-state index in [2.05, 4.69) is 42.5 Å². The minimum Gasteiger partial charge on any atom is -0.508 e. The summed E-state index contributed by atoms with van der Waals surface area (Å²) in [6, 6.07) is 9.23. The summed E-state index contributed by atoms with van der Waals surface area (Å²) in [5.41, 5.74) is 6.77. The number of nitrogens with one attached hydrogen (secondary N) is 8. The lowest BCUT2D eigenvalue weighted by atomic mass is 9.85. The summed E-state index contributed by atoms with van der Waals surface area (Å²) in [5, 5.41) is 113. The van der Waals surface area contributed by atoms with Gasteiger partial charge < -0.3 is 99.1 Å². The Hall–Kier alpha value is -11.6. The Bertz CT molecular complexity index is 4310. The lowest BCUT2D eigenvalue weighted by Gasteiger charge is -2.28. The molecule has 1 heterocycles. The predicted molar refractivity (Wildman–Crippen MR) is 465 cm³/mol. The van der Waals surface area contributed by atoms with Crippen molar-refractivity contribution in [1.82, 2.24) is 47.4 Å². The molecule has 19 N–H and O–H groups in total. The number of phenolic OH excluding ortho intramolecular Hbond substituents is 2. The number of phenols is 2. The first-order chi connectivity index (χ1) is 60.9. The van der Waals surface area contributed by atoms with Crippen molar-refractivity contribution < 1.29 is 137 Å². The normalized spacial score (nSPS) is 16.0. The van der Waals surface area contributed by atoms with Gasteiger partial charge in [-0.25, -0.2) is 0 Å². The molecular weight excluding hydrogens is 1680 g/mol. The lowest BCUT2D eigenvalue weighted by Crippen LogP contribution is -2.52. The average Bonchev–Trinajstić information content (AvgIpc) is 0.839. The molecule has 9 amide bonds. The second kappa shape index (κ2) is 56.0. The maximum absolute atomic E-state index is 14.8. The van der Waals surface area contributed by atoms with E-state index in [1.807, 2.05) is 0 Å². The Balaban J connectivity index is 1.55. The second-order valence-corrected chi connectivity index (χ2v) is 34.1. The summed E-state index contributed by atoms with van der Waals surface area (Å²) < 4.78 is 0. The van der Waals surface area contributed by atoms with Crippen LogP contribution in [-0.4, -0.2) is 256 Å². The van der Waals surface area contributed by atoms with Crippen molar-refractivity contribution in [3.8, 4) is 11.5 Å². The third kappa shape index (κ3) is 39.5. The first-order valence-electron chi connectivity index (χ1n) is 43.8. The molecule has 17 atom stereocenters. The number of aliphatic hydroxyl groups is 4. The molecule has 1 saturated heterocycles. The molecule has 0 radical (unpaired) electrons. The number of carboxylic acid groups (broad SMARTS) is 3. The number of hydrogen-bond donors (Lipinski definition) is 18. The molecular formula is C91H130N10O28. The summed E-state index contributed by atoms with van der Waals surface area (Å²) in [6.07, 6.45) is -8.77. The number of likely N-dealkylation sites (tertiary alicyclic amines) is 1. The van der Waals surface area contributed by atoms with Crippen LogP contribution in [0.4, 0.5) is 0 Å². The zero-order valence-corrected chi connectivity index (χ0v) is 74.5. The topological polar surface area (TPSA) is 632 Å². The summed E-state index contributed by atoms with van der Waals surface area (Å²) in [6.45, 7) is 9.50. The largest absolute Gasteiger partial charge is 0.508 e. The van der Waals surface area contributed by atoms with Gasteiger partial charge in [-0.15, -0.1) is 0 Å². The fourth-order valence-electron chi connectivity index (χ4n) is 14.9. The van der Waals surface area contributed by atoms with E-state index in [0.29, 0.717) is 56.3 Å². The molecule has 38 nitrogen and oxygen atoms in total. The molecule has 712 valence electrons. The summed E-state index contributed by atoms with van der Waals surface area (Å²) in [7, 11) is 0. The maximum Gasteiger partial charge on any atom is 0.304 e. The van der Waals surface area contributed by atoms with Gasteiger partial charge in [0.1, 0.15) is 17.5 Å². The van der Waals surface area contributed by atoms with Gasteiger partial charge in [0.25, 0.3) is 0 Å². The number of aromatic hydroxyl groups is 2. The highest BCUT2D eigenvalue weighted by Crippen LogP contribution is 2.27. The van der Waals surface area contributed by atoms with E-state index < -0.39 is 292 Å². The predicted octanol–water partition coefficient (Wildman–Crippen LogP) is 1.50. The van der Waals surface area contributed by atoms with Gasteiger partial charge in [0.15, 0.2) is 40.5 Å². The molecule has 3 aromatic carbocycles. The van der Waals surface area contributed by atoms with Crippen molar-refractivity contribution in [3.05, 3.63) is 95.6 Å². The number of carbonyl (C=O) groups is 19. The highest BCUT2D eigenvalue weighted by atomic mass is 16.4. The quantitative estimate of drug-likeness (QED) is 0.0356. The highest BCUT2D eigenvalue weighted by Gasteiger charge is 2.41. The van der Waals surface area contributed by atoms with Crippen LogP contribution in [0.1, 0.15) is 194 Å². The zero-order valence-electron chi connectivity index (χ0n) is 74.5. The number of ketones is 7. The average molecular weight is 1810 g/mol. The van der Waals surface area contributed by atoms with Gasteiger partial charge >= 0.3 is 17.9 Å². The number of Topliss-reactive ketones (excluding diaryl/α,β-unsaturated/α-hetero) is 7. The Morgan fingerprint density at radius 2 is 0.907 bits per heavy atom. The van der Waals surface area contributed by atoms with E-state index in [1.165, 1.54) is 60.4 Å². The molecule has 1 fully saturated rings. The minimum absolute atomic E-state index is 0.0249. The third-order valence-corrected chi connectivity index (χ3v) is 22.8. The van der Waals surface area contributed by atoms with Crippen molar-refractivity contribution in [2.75, 3.05) is 39.4 Å². The fourth-order valence-corrected chi connectivity index (χ4v) is 14.9. The van der Waals surface area contributed by atoms with Gasteiger partial charge in [-0.1, -0.05) is 95.1 Å². The van der Waals surface area contributed by atoms with Crippen LogP contribution in [0.3, 0.4) is 0 Å². The summed E-state index contributed by atoms with van der Waals surface area (Å²) in [5.74, 6) is -30.7. The SMILES string of the molecule is CC[C@H](C)[C@H](NC(=O)[C@H](CO)CC(=O)[C@H](Cc1ccc(O)cc1)NC(=O)[C@H](CC(=O)O)CC(=O)[C@H](CO)NC(=O)[C@@H](CC(=O)[C@H](Cc1ccccc1)NC(=O)[C@@H](CC(=O)CNC(=O)[C@H](CCC(=O)O)CC(=O)[C@H](C)NC(=O)CN1CCCCC1=O)[C@@H](C)O)[C@@H](C)O)C(=O)C[C@@H](Cc1ccc(O)cc1)C(=O)N[C@@H](CC(C)C)C(=O)C[C@@H](CC(=O)O)C(=O)N[C@H](C)CCCCN. The Labute approximate surface area is 749 Å². The minimum atomic E-state index is -1.99. The van der Waals surface area contributed by atoms with Crippen molar-refractivity contribution in [1.29, 1.82) is 0 Å². The van der Waals surface area contributed by atoms with Crippen molar-refractivity contribution >= 4 is 112 Å². The van der Waals surface area contributed by atoms with Crippen molar-refractivity contribution in [2.45, 2.75) is 251 Å². The van der Waals surface area contributed by atoms with E-state index in [9.17, 15) is 137 Å². The van der Waals surface area contributed by atoms with Crippen LogP contribution < -0.4 is 48.3 Å². The van der Waals surface area contributed by atoms with Crippen LogP contribution in [-0.2, 0) is 110 Å². The molecule has 129 heavy (non-hydrogen) atoms. The van der Waals surface area contributed by atoms with Crippen LogP contribution in [0, 0.1) is 53.3 Å². The first-order valence-corrected chi connectivity index (χ1v) is 43.8. The molecule has 0 bridgehead atoms. The molecule has 3 aromatic rings. The van der Waals surface area contributed by atoms with Crippen molar-refractivity contribution in [2.24, 2.45) is 59.0 Å². The van der Waals surface area contributed by atoms with Crippen molar-refractivity contribution in [3.63, 3.8) is 0 Å². The maximum atomic E-state index is 14.8. The van der Waals surface area contributed by atoms with E-state index in [1.54, 1.807) is 65.0 Å². The Morgan fingerprint density at radius 3 is 1.42 bits per heavy atom. The summed E-state index contributed by atoms with van der Waals surface area (Å²) >= 11 is 0. The number of aliphatic hydroxyl groups excluding tert-OH is 4. The van der Waals surface area contributed by atoms with Gasteiger partial charge in [-0.3, -0.25) is 91.1 Å². The number of carbonyl (C=O) groups excluding carboxylic acids is 16. The van der Waals surface area contributed by atoms with Gasteiger partial charge in [-0.05, 0) is 145 Å². The molecule has 1 aliphatic rings. The fraction of sp³-hybridized carbons (Fsp3) is 0.593. The van der Waals surface area contributed by atoms with Crippen LogP contribution in [0.5, 0.6) is 11.5 Å². The first kappa shape index (κ1) is 110. The second-order valence-electron chi connectivity index (χ2n) is 34.1. The highest BCUT2D eigenvalue weighted by molar-refractivity contribution is 6.01. The van der Waals surface area contributed by atoms with Crippen LogP contribution in [0.25, 0.3) is 0 Å². The number of piperidine rings is 1. The smallest absolute Gasteiger partial charge is 0.304 e. The van der Waals surface area contributed by atoms with Gasteiger partial charge in [0.05, 0.1) is 111 Å². The zero-order chi connectivity index (χ0) is 96.5. The van der Waals surface area contributed by atoms with Crippen LogP contribution >= 0.6 is 0 Å². The number of nitrogens with zero attached hydrogens (tertiary/aromatic N) is 1. The number of amides is 9. The van der Waals surface area contributed by atoms with E-state index >= 15 is 0 Å². The third-order valence-electron chi connectivity index (χ3n) is 22.8. The standard InChI is InChI=1S/C91H130N10O28/c1-9-51(4)84(78(114)40-60(34-57-21-26-64(106)27-22-57)87(125)96-69(33-50(2)3)74(110)38-61(42-82(119)120)86(124)94-52(5)17-13-15-31-92)100-89(127)63(48-102)41-75(111)70(36-58-23-28-65(107)29-24-58)97-88(126)62(43-83(121)122)39-76(112)72(49-103)99-91(129)68(55(8)105)45-77(113)71(35-56-18-11-10-12-19-56)98-90(128)67(54(7)104)44-66(108)46-93-85(123)59(25-30-81(117)118)37-73(109)53(6)95-79(115)47-101-32-16-14-20-80(101)116/h10-12,18-19,21-24,26-29,50-55,59-63,67-72,84,102-107H,9,13-17,20,25,30-49,92H2,1-8H3,(H,93,123)(H,94,124)(H,95,115)(H,96,125)(H,97,126)(H,98,128)(H,99,129)(H,100,127)(H,117,118)(H,119,120)(H,121,122)/t51-,52+,53-,54+,55+,59+,60+,61-,62-,63-,67-,68-,69-,70-,71-,72-,84-/m0/s1. The monoisotopic (exact) mass is 1810 g/mol. The van der Waals surface area contributed by atoms with E-state index in [0.717, 1.165) is 13.8 Å². The number of benzene rings is 3. The number of carboxylic acids is 3. The van der Waals surface area contributed by atoms with Gasteiger partial charge in [0.2, 0.25) is 53.2 Å². The molecule has 0 unspecified atom stereocenters. The molecule has 1 aliphatic heterocycles. The van der Waals surface area contributed by atoms with Gasteiger partial charge in [0, 0.05) is 82.2 Å². The number of rotatable bonds is 63. The number of nitrogens with two attached hydrogens (primary N) is 1. The summed E-state index contributed by atoms with van der Waals surface area (Å²) in [4.78, 5) is 261. The van der Waals surface area contributed by atoms with Crippen LogP contribution in [0.2, 0.25) is 0 Å². The van der Waals surface area contributed by atoms with E-state index in [-0.39, 0.29) is 80.0 Å². The molecule has 0 aliphatic carbocycles. The molecule has 0 spiro atoms. The van der Waals surface area contributed by atoms with Gasteiger partial charge in [-0.2, -0.15) is 0 Å². The Morgan fingerprint density at radius 1 is 0.442 bits per heavy atom. The lowest BCUT2D eigenvalue weighted by molar-refractivity contribution is -0.143.